The van der Waals surface area contributed by atoms with E-state index in [4.69, 9.17) is 23.2 Å². The highest BCUT2D eigenvalue weighted by atomic mass is 79.9. The first-order valence-corrected chi connectivity index (χ1v) is 17.2. The van der Waals surface area contributed by atoms with E-state index >= 15 is 0 Å². The van der Waals surface area contributed by atoms with Crippen LogP contribution in [0.4, 0.5) is 5.69 Å². The number of allylic oxidation sites excluding steroid dienone is 2. The standard InChI is InChI=1S/C34H24Br2Cl2N2O6/c35-16-39-31(45)33(37)15-24-21(27(34(33,38)32(39)46)23-14-19(36)8-13-25(23)41)11-12-22-26(24)30(44)40(29(22)43)20-9-6-18(7-10-20)28(42)17-4-2-1-3-5-17/h1-11,13-14,22,24,26-27,41H,12,15-16H2. The summed E-state index contributed by atoms with van der Waals surface area (Å²) in [6.45, 7) is 0. The predicted octanol–water partition coefficient (Wildman–Crippen LogP) is 6.30. The van der Waals surface area contributed by atoms with Gasteiger partial charge in [0.15, 0.2) is 15.5 Å². The molecule has 0 spiro atoms. The number of carbonyl (C=O) groups is 5. The Morgan fingerprint density at radius 3 is 2.24 bits per heavy atom. The van der Waals surface area contributed by atoms with E-state index in [0.717, 1.165) is 9.80 Å². The number of phenolic OH excluding ortho intramolecular Hbond substituents is 1. The van der Waals surface area contributed by atoms with Gasteiger partial charge in [-0.2, -0.15) is 0 Å². The molecule has 8 nitrogen and oxygen atoms in total. The molecule has 4 aliphatic rings. The van der Waals surface area contributed by atoms with Gasteiger partial charge in [-0.25, -0.2) is 0 Å². The van der Waals surface area contributed by atoms with Crippen molar-refractivity contribution < 1.29 is 29.1 Å². The minimum absolute atomic E-state index is 0.144. The van der Waals surface area contributed by atoms with Gasteiger partial charge in [-0.3, -0.25) is 33.8 Å². The Morgan fingerprint density at radius 2 is 1.57 bits per heavy atom. The summed E-state index contributed by atoms with van der Waals surface area (Å²) in [5, 5.41) is 11.1. The van der Waals surface area contributed by atoms with Crippen LogP contribution in [0.25, 0.3) is 0 Å². The molecule has 3 aromatic carbocycles. The normalized spacial score (nSPS) is 30.2. The summed E-state index contributed by atoms with van der Waals surface area (Å²) >= 11 is 21.1. The Labute approximate surface area is 290 Å². The number of ketones is 1. The van der Waals surface area contributed by atoms with Crippen LogP contribution in [0.2, 0.25) is 0 Å². The molecule has 2 heterocycles. The molecule has 2 aliphatic heterocycles. The molecule has 2 saturated heterocycles. The first-order valence-electron chi connectivity index (χ1n) is 14.5. The Balaban J connectivity index is 1.29. The number of amides is 4. The fourth-order valence-corrected chi connectivity index (χ4v) is 9.42. The van der Waals surface area contributed by atoms with Crippen LogP contribution in [0.3, 0.4) is 0 Å². The number of halogens is 4. The van der Waals surface area contributed by atoms with Gasteiger partial charge in [0.25, 0.3) is 11.8 Å². The third-order valence-electron chi connectivity index (χ3n) is 9.74. The minimum atomic E-state index is -2.01. The summed E-state index contributed by atoms with van der Waals surface area (Å²) in [6.07, 6.45) is 1.82. The Kier molecular flexibility index (Phi) is 7.58. The highest BCUT2D eigenvalue weighted by Gasteiger charge is 2.76. The molecule has 3 fully saturated rings. The van der Waals surface area contributed by atoms with E-state index in [1.807, 2.05) is 12.1 Å². The number of nitrogens with zero attached hydrogens (tertiary/aromatic N) is 2. The van der Waals surface area contributed by atoms with Crippen LogP contribution < -0.4 is 4.90 Å². The maximum absolute atomic E-state index is 14.3. The largest absolute Gasteiger partial charge is 0.508 e. The summed E-state index contributed by atoms with van der Waals surface area (Å²) in [6, 6.07) is 19.8. The molecule has 1 saturated carbocycles. The number of carbonyl (C=O) groups excluding carboxylic acids is 5. The second-order valence-electron chi connectivity index (χ2n) is 11.9. The topological polar surface area (TPSA) is 112 Å². The average Bonchev–Trinajstić information content (AvgIpc) is 3.40. The smallest absolute Gasteiger partial charge is 0.254 e. The van der Waals surface area contributed by atoms with E-state index in [2.05, 4.69) is 31.9 Å². The van der Waals surface area contributed by atoms with Crippen LogP contribution in [0.15, 0.2) is 88.9 Å². The van der Waals surface area contributed by atoms with E-state index in [-0.39, 0.29) is 35.4 Å². The van der Waals surface area contributed by atoms with E-state index in [9.17, 15) is 29.1 Å². The zero-order valence-corrected chi connectivity index (χ0v) is 28.5. The first kappa shape index (κ1) is 31.3. The SMILES string of the molecule is O=C(c1ccccc1)c1ccc(N2C(=O)C3CC=C4C(CC5(Cl)C(=O)N(CBr)C(=O)C5(Cl)C4c4cc(Br)ccc4O)C3C2=O)cc1. The number of imide groups is 2. The van der Waals surface area contributed by atoms with Gasteiger partial charge in [-0.15, -0.1) is 23.2 Å². The number of fused-ring (bicyclic) bond motifs is 4. The van der Waals surface area contributed by atoms with Crippen molar-refractivity contribution in [2.24, 2.45) is 17.8 Å². The quantitative estimate of drug-likeness (QED) is 0.107. The van der Waals surface area contributed by atoms with Crippen molar-refractivity contribution in [3.8, 4) is 5.75 Å². The number of anilines is 1. The third-order valence-corrected chi connectivity index (χ3v) is 12.1. The molecule has 2 aliphatic carbocycles. The number of benzene rings is 3. The fraction of sp³-hybridized carbons (Fsp3) is 0.265. The maximum atomic E-state index is 14.3. The molecule has 4 amide bonds. The van der Waals surface area contributed by atoms with Gasteiger partial charge >= 0.3 is 0 Å². The van der Waals surface area contributed by atoms with Gasteiger partial charge in [0.1, 0.15) is 5.75 Å². The Morgan fingerprint density at radius 1 is 0.891 bits per heavy atom. The summed E-state index contributed by atoms with van der Waals surface area (Å²) in [4.78, 5) is 66.9. The Hall–Kier alpha value is -3.31. The molecule has 7 rings (SSSR count). The molecular formula is C34H24Br2Cl2N2O6. The molecule has 3 aromatic rings. The van der Waals surface area contributed by atoms with Crippen LogP contribution in [0, 0.1) is 17.8 Å². The van der Waals surface area contributed by atoms with E-state index < -0.39 is 57.0 Å². The number of aromatic hydroxyl groups is 1. The molecule has 12 heteroatoms. The van der Waals surface area contributed by atoms with Crippen LogP contribution in [-0.2, 0) is 19.2 Å². The third kappa shape index (κ3) is 4.26. The highest BCUT2D eigenvalue weighted by Crippen LogP contribution is 2.66. The number of likely N-dealkylation sites (tertiary alicyclic amines) is 1. The van der Waals surface area contributed by atoms with E-state index in [0.29, 0.717) is 26.9 Å². The van der Waals surface area contributed by atoms with Gasteiger partial charge in [0.05, 0.1) is 23.0 Å². The summed E-state index contributed by atoms with van der Waals surface area (Å²) in [5.41, 5.74) is 1.94. The lowest BCUT2D eigenvalue weighted by molar-refractivity contribution is -0.138. The number of hydrogen-bond acceptors (Lipinski definition) is 6. The van der Waals surface area contributed by atoms with Crippen LogP contribution >= 0.6 is 55.1 Å². The minimum Gasteiger partial charge on any atom is -0.508 e. The van der Waals surface area contributed by atoms with Crippen LogP contribution in [0.5, 0.6) is 5.75 Å². The molecule has 46 heavy (non-hydrogen) atoms. The molecule has 6 atom stereocenters. The highest BCUT2D eigenvalue weighted by molar-refractivity contribution is 9.10. The molecule has 1 N–H and O–H groups in total. The fourth-order valence-electron chi connectivity index (χ4n) is 7.63. The molecule has 0 bridgehead atoms. The number of rotatable bonds is 5. The monoisotopic (exact) mass is 784 g/mol. The molecule has 0 aromatic heterocycles. The molecule has 6 unspecified atom stereocenters. The molecule has 234 valence electrons. The van der Waals surface area contributed by atoms with Crippen molar-refractivity contribution in [1.29, 1.82) is 0 Å². The molecule has 0 radical (unpaired) electrons. The van der Waals surface area contributed by atoms with Crippen LogP contribution in [0.1, 0.15) is 40.2 Å². The lowest BCUT2D eigenvalue weighted by Crippen LogP contribution is -2.60. The first-order chi connectivity index (χ1) is 21.9. The zero-order chi connectivity index (χ0) is 32.7. The molecular weight excluding hydrogens is 763 g/mol. The van der Waals surface area contributed by atoms with Gasteiger partial charge in [0, 0.05) is 27.1 Å². The van der Waals surface area contributed by atoms with Gasteiger partial charge in [-0.1, -0.05) is 73.8 Å². The second kappa shape index (κ2) is 11.1. The van der Waals surface area contributed by atoms with Gasteiger partial charge in [0.2, 0.25) is 11.8 Å². The van der Waals surface area contributed by atoms with Crippen molar-refractivity contribution in [3.63, 3.8) is 0 Å². The van der Waals surface area contributed by atoms with E-state index in [1.54, 1.807) is 60.7 Å². The number of alkyl halides is 3. The summed E-state index contributed by atoms with van der Waals surface area (Å²) in [5.74, 6) is -6.10. The van der Waals surface area contributed by atoms with Crippen LogP contribution in [-0.4, -0.2) is 54.6 Å². The number of phenols is 1. The lowest BCUT2D eigenvalue weighted by atomic mass is 9.56. The second-order valence-corrected chi connectivity index (χ2v) is 14.6. The zero-order valence-electron chi connectivity index (χ0n) is 23.8. The van der Waals surface area contributed by atoms with Crippen molar-refractivity contribution in [3.05, 3.63) is 106 Å². The van der Waals surface area contributed by atoms with Crippen molar-refractivity contribution in [2.45, 2.75) is 28.5 Å². The van der Waals surface area contributed by atoms with Crippen molar-refractivity contribution >= 4 is 90.2 Å². The summed E-state index contributed by atoms with van der Waals surface area (Å²) < 4.78 is 0.596. The van der Waals surface area contributed by atoms with E-state index in [1.165, 1.54) is 6.07 Å². The van der Waals surface area contributed by atoms with Gasteiger partial charge in [-0.05, 0) is 61.2 Å². The summed E-state index contributed by atoms with van der Waals surface area (Å²) in [7, 11) is 0. The Bertz CT molecular complexity index is 1890. The maximum Gasteiger partial charge on any atom is 0.254 e. The number of hydrogen-bond donors (Lipinski definition) is 1. The average molecular weight is 787 g/mol. The van der Waals surface area contributed by atoms with Gasteiger partial charge < -0.3 is 5.11 Å². The predicted molar refractivity (Wildman–Crippen MR) is 178 cm³/mol. The van der Waals surface area contributed by atoms with Crippen molar-refractivity contribution in [2.75, 3.05) is 10.4 Å². The lowest BCUT2D eigenvalue weighted by Gasteiger charge is -2.50. The van der Waals surface area contributed by atoms with Crippen molar-refractivity contribution in [1.82, 2.24) is 4.90 Å².